The average molecular weight is 311 g/mol. The zero-order valence-corrected chi connectivity index (χ0v) is 10.4. The summed E-state index contributed by atoms with van der Waals surface area (Å²) in [5, 5.41) is 0. The maximum absolute atomic E-state index is 13.7. The third-order valence-electron chi connectivity index (χ3n) is 3.08. The summed E-state index contributed by atoms with van der Waals surface area (Å²) < 4.78 is 54.5. The fraction of sp³-hybridized carbons (Fsp3) is 0.500. The average Bonchev–Trinajstić information content (AvgIpc) is 2.29. The molecule has 0 nitrogen and oxygen atoms in total. The molecule has 2 rings (SSSR count). The molecule has 1 aliphatic carbocycles. The lowest BCUT2D eigenvalue weighted by Gasteiger charge is -2.34. The van der Waals surface area contributed by atoms with Gasteiger partial charge in [-0.2, -0.15) is 0 Å². The van der Waals surface area contributed by atoms with Crippen molar-refractivity contribution >= 4 is 15.9 Å². The minimum Gasteiger partial charge on any atom is -0.244 e. The van der Waals surface area contributed by atoms with E-state index in [-0.39, 0.29) is 0 Å². The second kappa shape index (κ2) is 4.96. The summed E-state index contributed by atoms with van der Waals surface area (Å²) >= 11 is 3.19. The molecule has 0 amide bonds. The first-order chi connectivity index (χ1) is 8.00. The van der Waals surface area contributed by atoms with E-state index < -0.39 is 37.0 Å². The highest BCUT2D eigenvalue weighted by Gasteiger charge is 2.47. The first kappa shape index (κ1) is 12.9. The first-order valence-corrected chi connectivity index (χ1v) is 6.11. The summed E-state index contributed by atoms with van der Waals surface area (Å²) in [6.45, 7) is 0. The molecule has 0 heterocycles. The van der Waals surface area contributed by atoms with Gasteiger partial charge < -0.3 is 0 Å². The molecule has 1 unspecified atom stereocenters. The van der Waals surface area contributed by atoms with Crippen LogP contribution in [0.2, 0.25) is 0 Å². The van der Waals surface area contributed by atoms with Gasteiger partial charge in [-0.05, 0) is 17.7 Å². The number of alkyl halides is 4. The molecule has 17 heavy (non-hydrogen) atoms. The summed E-state index contributed by atoms with van der Waals surface area (Å²) in [5.41, 5.74) is 0.290. The van der Waals surface area contributed by atoms with Crippen molar-refractivity contribution in [2.24, 2.45) is 0 Å². The SMILES string of the molecule is F[C@@H]1C[C@H](F)[C@H](F)C(c2ccc(Br)cc2)[C@@H]1F. The van der Waals surface area contributed by atoms with E-state index >= 15 is 0 Å². The van der Waals surface area contributed by atoms with E-state index in [4.69, 9.17) is 0 Å². The smallest absolute Gasteiger partial charge is 0.141 e. The molecule has 0 aliphatic heterocycles. The van der Waals surface area contributed by atoms with E-state index in [1.807, 2.05) is 0 Å². The summed E-state index contributed by atoms with van der Waals surface area (Å²) in [7, 11) is 0. The minimum absolute atomic E-state index is 0.290. The molecule has 1 saturated carbocycles. The van der Waals surface area contributed by atoms with E-state index in [0.717, 1.165) is 4.47 Å². The quantitative estimate of drug-likeness (QED) is 0.679. The highest BCUT2D eigenvalue weighted by molar-refractivity contribution is 9.10. The Hall–Kier alpha value is -0.580. The van der Waals surface area contributed by atoms with Crippen molar-refractivity contribution < 1.29 is 17.6 Å². The molecule has 5 heteroatoms. The molecule has 0 spiro atoms. The maximum Gasteiger partial charge on any atom is 0.141 e. The van der Waals surface area contributed by atoms with Gasteiger partial charge in [-0.15, -0.1) is 0 Å². The van der Waals surface area contributed by atoms with Crippen LogP contribution in [0.5, 0.6) is 0 Å². The second-order valence-corrected chi connectivity index (χ2v) is 5.15. The van der Waals surface area contributed by atoms with Crippen LogP contribution in [0.4, 0.5) is 17.6 Å². The van der Waals surface area contributed by atoms with E-state index in [1.54, 1.807) is 12.1 Å². The predicted octanol–water partition coefficient (Wildman–Crippen LogP) is 4.29. The summed E-state index contributed by atoms with van der Waals surface area (Å²) in [6, 6.07) is 6.17. The Labute approximate surface area is 105 Å². The van der Waals surface area contributed by atoms with Gasteiger partial charge >= 0.3 is 0 Å². The van der Waals surface area contributed by atoms with Gasteiger partial charge in [-0.3, -0.25) is 0 Å². The van der Waals surface area contributed by atoms with Crippen LogP contribution < -0.4 is 0 Å². The number of hydrogen-bond acceptors (Lipinski definition) is 0. The van der Waals surface area contributed by atoms with Gasteiger partial charge in [-0.1, -0.05) is 28.1 Å². The normalized spacial score (nSPS) is 38.1. The van der Waals surface area contributed by atoms with Gasteiger partial charge in [-0.25, -0.2) is 17.6 Å². The van der Waals surface area contributed by atoms with Crippen LogP contribution in [-0.2, 0) is 0 Å². The Kier molecular flexibility index (Phi) is 3.76. The standard InChI is InChI=1S/C12H11BrF4/c13-7-3-1-6(2-4-7)10-11(16)8(14)5-9(15)12(10)17/h1-4,8-12H,5H2/t8-,9+,10?,11-,12+. The van der Waals surface area contributed by atoms with Crippen LogP contribution in [0.15, 0.2) is 28.7 Å². The van der Waals surface area contributed by atoms with Crippen LogP contribution >= 0.6 is 15.9 Å². The van der Waals surface area contributed by atoms with Crippen LogP contribution in [0.3, 0.4) is 0 Å². The number of benzene rings is 1. The fourth-order valence-corrected chi connectivity index (χ4v) is 2.42. The van der Waals surface area contributed by atoms with Gasteiger partial charge in [0, 0.05) is 10.9 Å². The van der Waals surface area contributed by atoms with E-state index in [0.29, 0.717) is 5.56 Å². The first-order valence-electron chi connectivity index (χ1n) is 5.32. The van der Waals surface area contributed by atoms with Crippen molar-refractivity contribution in [3.8, 4) is 0 Å². The monoisotopic (exact) mass is 310 g/mol. The Morgan fingerprint density at radius 1 is 0.882 bits per heavy atom. The third-order valence-corrected chi connectivity index (χ3v) is 3.61. The van der Waals surface area contributed by atoms with Gasteiger partial charge in [0.15, 0.2) is 0 Å². The van der Waals surface area contributed by atoms with Crippen molar-refractivity contribution in [2.45, 2.75) is 37.0 Å². The maximum atomic E-state index is 13.7. The lowest BCUT2D eigenvalue weighted by atomic mass is 9.79. The second-order valence-electron chi connectivity index (χ2n) is 4.23. The molecule has 5 atom stereocenters. The number of halogens is 5. The molecule has 1 aliphatic rings. The topological polar surface area (TPSA) is 0 Å². The lowest BCUT2D eigenvalue weighted by molar-refractivity contribution is -0.00571. The summed E-state index contributed by atoms with van der Waals surface area (Å²) in [4.78, 5) is 0. The zero-order valence-electron chi connectivity index (χ0n) is 8.79. The van der Waals surface area contributed by atoms with E-state index in [1.165, 1.54) is 12.1 Å². The van der Waals surface area contributed by atoms with Crippen LogP contribution in [0.1, 0.15) is 17.9 Å². The van der Waals surface area contributed by atoms with Gasteiger partial charge in [0.1, 0.15) is 24.7 Å². The fourth-order valence-electron chi connectivity index (χ4n) is 2.15. The molecule has 1 aromatic carbocycles. The van der Waals surface area contributed by atoms with Gasteiger partial charge in [0.2, 0.25) is 0 Å². The highest BCUT2D eigenvalue weighted by atomic mass is 79.9. The Bertz CT molecular complexity index is 367. The van der Waals surface area contributed by atoms with Crippen molar-refractivity contribution in [3.63, 3.8) is 0 Å². The number of rotatable bonds is 1. The van der Waals surface area contributed by atoms with E-state index in [2.05, 4.69) is 15.9 Å². The van der Waals surface area contributed by atoms with Crippen molar-refractivity contribution in [1.82, 2.24) is 0 Å². The minimum atomic E-state index is -1.99. The molecule has 0 bridgehead atoms. The Balaban J connectivity index is 2.30. The zero-order chi connectivity index (χ0) is 12.6. The lowest BCUT2D eigenvalue weighted by Crippen LogP contribution is -2.43. The summed E-state index contributed by atoms with van der Waals surface area (Å²) in [5.74, 6) is -1.36. The van der Waals surface area contributed by atoms with Crippen LogP contribution in [0.25, 0.3) is 0 Å². The highest BCUT2D eigenvalue weighted by Crippen LogP contribution is 2.40. The molecule has 0 aromatic heterocycles. The van der Waals surface area contributed by atoms with Crippen molar-refractivity contribution in [1.29, 1.82) is 0 Å². The molecule has 0 saturated heterocycles. The third kappa shape index (κ3) is 2.49. The predicted molar refractivity (Wildman–Crippen MR) is 61.1 cm³/mol. The summed E-state index contributed by atoms with van der Waals surface area (Å²) in [6.07, 6.45) is -8.55. The van der Waals surface area contributed by atoms with Crippen LogP contribution in [-0.4, -0.2) is 24.7 Å². The molecule has 1 fully saturated rings. The molecule has 0 radical (unpaired) electrons. The molecular weight excluding hydrogens is 300 g/mol. The molecule has 94 valence electrons. The molecule has 1 aromatic rings. The van der Waals surface area contributed by atoms with Crippen molar-refractivity contribution in [2.75, 3.05) is 0 Å². The Morgan fingerprint density at radius 3 is 1.82 bits per heavy atom. The van der Waals surface area contributed by atoms with E-state index in [9.17, 15) is 17.6 Å². The van der Waals surface area contributed by atoms with Gasteiger partial charge in [0.25, 0.3) is 0 Å². The molecule has 0 N–H and O–H groups in total. The molecular formula is C12H11BrF4. The van der Waals surface area contributed by atoms with Crippen LogP contribution in [0, 0.1) is 0 Å². The number of hydrogen-bond donors (Lipinski definition) is 0. The Morgan fingerprint density at radius 2 is 1.35 bits per heavy atom. The van der Waals surface area contributed by atoms with Crippen molar-refractivity contribution in [3.05, 3.63) is 34.3 Å². The van der Waals surface area contributed by atoms with Gasteiger partial charge in [0.05, 0.1) is 5.92 Å². The largest absolute Gasteiger partial charge is 0.244 e.